The number of rotatable bonds is 0. The van der Waals surface area contributed by atoms with Crippen molar-refractivity contribution in [2.45, 2.75) is 36.7 Å². The summed E-state index contributed by atoms with van der Waals surface area (Å²) in [6, 6.07) is 0. The SMILES string of the molecule is C[C@H]1CC2CC[C@H]1S2=O. The molecule has 0 aromatic carbocycles. The molecule has 2 heteroatoms. The molecule has 2 heterocycles. The van der Waals surface area contributed by atoms with Crippen LogP contribution < -0.4 is 0 Å². The lowest BCUT2D eigenvalue weighted by atomic mass is 9.91. The Labute approximate surface area is 58.3 Å². The van der Waals surface area contributed by atoms with Crippen LogP contribution in [0.4, 0.5) is 0 Å². The smallest absolute Gasteiger partial charge is 0.0377 e. The van der Waals surface area contributed by atoms with Crippen molar-refractivity contribution in [1.29, 1.82) is 0 Å². The molecule has 2 fully saturated rings. The van der Waals surface area contributed by atoms with Crippen LogP contribution in [-0.4, -0.2) is 14.7 Å². The molecule has 2 saturated heterocycles. The van der Waals surface area contributed by atoms with Gasteiger partial charge in [0, 0.05) is 21.3 Å². The van der Waals surface area contributed by atoms with Gasteiger partial charge in [-0.1, -0.05) is 6.92 Å². The Morgan fingerprint density at radius 1 is 1.44 bits per heavy atom. The molecule has 1 nitrogen and oxygen atoms in total. The molecule has 0 aromatic rings. The van der Waals surface area contributed by atoms with Gasteiger partial charge in [-0.2, -0.15) is 0 Å². The van der Waals surface area contributed by atoms with E-state index in [2.05, 4.69) is 6.92 Å². The fraction of sp³-hybridized carbons (Fsp3) is 1.00. The Morgan fingerprint density at radius 2 is 2.22 bits per heavy atom. The highest BCUT2D eigenvalue weighted by molar-refractivity contribution is 7.86. The minimum atomic E-state index is -0.431. The van der Waals surface area contributed by atoms with E-state index in [0.717, 1.165) is 5.92 Å². The molecule has 2 rings (SSSR count). The quantitative estimate of drug-likeness (QED) is 0.501. The maximum Gasteiger partial charge on any atom is 0.0377 e. The second-order valence-corrected chi connectivity index (χ2v) is 5.21. The predicted octanol–water partition coefficient (Wildman–Crippen LogP) is 1.31. The number of fused-ring (bicyclic) bond motifs is 2. The number of hydrogen-bond donors (Lipinski definition) is 0. The minimum absolute atomic E-state index is 0.431. The van der Waals surface area contributed by atoms with E-state index >= 15 is 0 Å². The molecule has 0 spiro atoms. The normalized spacial score (nSPS) is 56.6. The zero-order chi connectivity index (χ0) is 6.43. The van der Waals surface area contributed by atoms with Crippen LogP contribution in [0.3, 0.4) is 0 Å². The molecule has 2 aliphatic heterocycles. The molecule has 2 unspecified atom stereocenters. The zero-order valence-corrected chi connectivity index (χ0v) is 6.49. The van der Waals surface area contributed by atoms with Crippen molar-refractivity contribution in [3.05, 3.63) is 0 Å². The number of hydrogen-bond acceptors (Lipinski definition) is 1. The third-order valence-electron chi connectivity index (χ3n) is 2.67. The molecule has 0 aliphatic carbocycles. The van der Waals surface area contributed by atoms with E-state index in [0.29, 0.717) is 10.5 Å². The Morgan fingerprint density at radius 3 is 2.44 bits per heavy atom. The molecule has 2 aliphatic rings. The molecular formula is C7H12OS. The lowest BCUT2D eigenvalue weighted by Crippen LogP contribution is -2.12. The van der Waals surface area contributed by atoms with Crippen LogP contribution in [-0.2, 0) is 10.8 Å². The van der Waals surface area contributed by atoms with Crippen LogP contribution in [0, 0.1) is 5.92 Å². The van der Waals surface area contributed by atoms with Crippen LogP contribution in [0.15, 0.2) is 0 Å². The lowest BCUT2D eigenvalue weighted by Gasteiger charge is -2.12. The summed E-state index contributed by atoms with van der Waals surface area (Å²) in [5.41, 5.74) is 0. The summed E-state index contributed by atoms with van der Waals surface area (Å²) < 4.78 is 11.3. The zero-order valence-electron chi connectivity index (χ0n) is 5.67. The van der Waals surface area contributed by atoms with Gasteiger partial charge in [-0.3, -0.25) is 4.21 Å². The maximum absolute atomic E-state index is 11.3. The van der Waals surface area contributed by atoms with Gasteiger partial charge in [-0.15, -0.1) is 0 Å². The van der Waals surface area contributed by atoms with Crippen molar-refractivity contribution in [3.8, 4) is 0 Å². The van der Waals surface area contributed by atoms with Gasteiger partial charge in [0.25, 0.3) is 0 Å². The first kappa shape index (κ1) is 5.90. The van der Waals surface area contributed by atoms with E-state index in [1.165, 1.54) is 19.3 Å². The Kier molecular flexibility index (Phi) is 1.19. The molecule has 0 N–H and O–H groups in total. The Hall–Kier alpha value is 0.150. The van der Waals surface area contributed by atoms with E-state index in [4.69, 9.17) is 0 Å². The van der Waals surface area contributed by atoms with Crippen molar-refractivity contribution in [2.75, 3.05) is 0 Å². The Balaban J connectivity index is 2.26. The second-order valence-electron chi connectivity index (χ2n) is 3.28. The summed E-state index contributed by atoms with van der Waals surface area (Å²) in [5.74, 6) is 0.754. The maximum atomic E-state index is 11.3. The summed E-state index contributed by atoms with van der Waals surface area (Å²) in [6.45, 7) is 2.24. The fourth-order valence-corrected chi connectivity index (χ4v) is 4.42. The highest BCUT2D eigenvalue weighted by atomic mass is 32.2. The van der Waals surface area contributed by atoms with Crippen LogP contribution in [0.2, 0.25) is 0 Å². The third-order valence-corrected chi connectivity index (χ3v) is 5.05. The summed E-state index contributed by atoms with van der Waals surface area (Å²) in [5, 5.41) is 1.17. The molecule has 52 valence electrons. The third kappa shape index (κ3) is 0.689. The van der Waals surface area contributed by atoms with Gasteiger partial charge in [0.05, 0.1) is 0 Å². The summed E-state index contributed by atoms with van der Waals surface area (Å²) in [4.78, 5) is 0. The van der Waals surface area contributed by atoms with E-state index in [1.807, 2.05) is 0 Å². The van der Waals surface area contributed by atoms with Crippen LogP contribution in [0.5, 0.6) is 0 Å². The molecule has 9 heavy (non-hydrogen) atoms. The van der Waals surface area contributed by atoms with Crippen molar-refractivity contribution in [3.63, 3.8) is 0 Å². The van der Waals surface area contributed by atoms with Crippen molar-refractivity contribution in [2.24, 2.45) is 5.92 Å². The fourth-order valence-electron chi connectivity index (χ4n) is 2.12. The van der Waals surface area contributed by atoms with Gasteiger partial charge in [-0.05, 0) is 25.2 Å². The highest BCUT2D eigenvalue weighted by Gasteiger charge is 2.43. The first-order valence-electron chi connectivity index (χ1n) is 3.68. The average Bonchev–Trinajstić information content (AvgIpc) is 2.25. The molecule has 0 amide bonds. The standard InChI is InChI=1S/C7H12OS/c1-5-4-6-2-3-7(5)9(6)8/h5-7H,2-4H2,1H3/t5-,6?,7+,9?/m0/s1. The van der Waals surface area contributed by atoms with Crippen LogP contribution >= 0.6 is 0 Å². The molecule has 0 radical (unpaired) electrons. The van der Waals surface area contributed by atoms with Gasteiger partial charge >= 0.3 is 0 Å². The molecule has 2 bridgehead atoms. The second kappa shape index (κ2) is 1.82. The lowest BCUT2D eigenvalue weighted by molar-refractivity contribution is 0.445. The topological polar surface area (TPSA) is 17.1 Å². The van der Waals surface area contributed by atoms with E-state index < -0.39 is 10.8 Å². The summed E-state index contributed by atoms with van der Waals surface area (Å²) in [6.07, 6.45) is 3.71. The van der Waals surface area contributed by atoms with Gasteiger partial charge in [0.2, 0.25) is 0 Å². The average molecular weight is 144 g/mol. The predicted molar refractivity (Wildman–Crippen MR) is 38.7 cm³/mol. The molecular weight excluding hydrogens is 132 g/mol. The first-order chi connectivity index (χ1) is 4.29. The monoisotopic (exact) mass is 144 g/mol. The van der Waals surface area contributed by atoms with Crippen LogP contribution in [0.1, 0.15) is 26.2 Å². The van der Waals surface area contributed by atoms with Gasteiger partial charge in [0.15, 0.2) is 0 Å². The molecule has 0 aromatic heterocycles. The molecule has 0 saturated carbocycles. The van der Waals surface area contributed by atoms with Crippen LogP contribution in [0.25, 0.3) is 0 Å². The summed E-state index contributed by atoms with van der Waals surface area (Å²) >= 11 is 0. The molecule has 4 atom stereocenters. The van der Waals surface area contributed by atoms with Gasteiger partial charge < -0.3 is 0 Å². The van der Waals surface area contributed by atoms with Gasteiger partial charge in [0.1, 0.15) is 0 Å². The summed E-state index contributed by atoms with van der Waals surface area (Å²) in [7, 11) is -0.431. The van der Waals surface area contributed by atoms with Crippen molar-refractivity contribution < 1.29 is 4.21 Å². The van der Waals surface area contributed by atoms with Crippen molar-refractivity contribution in [1.82, 2.24) is 0 Å². The van der Waals surface area contributed by atoms with E-state index in [9.17, 15) is 4.21 Å². The Bertz CT molecular complexity index is 155. The highest BCUT2D eigenvalue weighted by Crippen LogP contribution is 2.41. The largest absolute Gasteiger partial charge is 0.259 e. The van der Waals surface area contributed by atoms with Gasteiger partial charge in [-0.25, -0.2) is 0 Å². The van der Waals surface area contributed by atoms with E-state index in [1.54, 1.807) is 0 Å². The first-order valence-corrected chi connectivity index (χ1v) is 4.96. The van der Waals surface area contributed by atoms with E-state index in [-0.39, 0.29) is 0 Å². The van der Waals surface area contributed by atoms with Crippen molar-refractivity contribution >= 4 is 10.8 Å². The minimum Gasteiger partial charge on any atom is -0.259 e.